The average molecular weight is 349 g/mol. The minimum absolute atomic E-state index is 0.264. The van der Waals surface area contributed by atoms with Gasteiger partial charge in [0.15, 0.2) is 0 Å². The summed E-state index contributed by atoms with van der Waals surface area (Å²) in [7, 11) is 0. The highest BCUT2D eigenvalue weighted by Crippen LogP contribution is 2.27. The number of halogens is 2. The first-order valence-electron chi connectivity index (χ1n) is 7.65. The Morgan fingerprint density at radius 2 is 1.91 bits per heavy atom. The highest BCUT2D eigenvalue weighted by atomic mass is 35.5. The van der Waals surface area contributed by atoms with Gasteiger partial charge in [0.2, 0.25) is 0 Å². The molecule has 0 spiro atoms. The van der Waals surface area contributed by atoms with Crippen LogP contribution in [0.25, 0.3) is 0 Å². The molecule has 120 valence electrons. The van der Waals surface area contributed by atoms with Gasteiger partial charge in [0.1, 0.15) is 0 Å². The first kappa shape index (κ1) is 16.2. The molecule has 2 aromatic rings. The van der Waals surface area contributed by atoms with Crippen LogP contribution in [0.3, 0.4) is 0 Å². The molecule has 1 aliphatic rings. The Morgan fingerprint density at radius 3 is 2.57 bits per heavy atom. The van der Waals surface area contributed by atoms with Gasteiger partial charge in [0, 0.05) is 24.5 Å². The molecule has 0 radical (unpaired) electrons. The molecule has 1 atom stereocenters. The van der Waals surface area contributed by atoms with Crippen LogP contribution < -0.4 is 10.2 Å². The lowest BCUT2D eigenvalue weighted by Crippen LogP contribution is -2.19. The number of rotatable bonds is 3. The fraction of sp³-hybridized carbons (Fsp3) is 0.278. The van der Waals surface area contributed by atoms with Crippen LogP contribution in [0, 0.1) is 5.92 Å². The highest BCUT2D eigenvalue weighted by molar-refractivity contribution is 6.44. The molecule has 0 bridgehead atoms. The molecule has 3 rings (SSSR count). The van der Waals surface area contributed by atoms with Crippen LogP contribution in [-0.2, 0) is 0 Å². The van der Waals surface area contributed by atoms with Gasteiger partial charge in [-0.3, -0.25) is 4.79 Å². The molecule has 2 aromatic carbocycles. The number of hydrogen-bond donors (Lipinski definition) is 1. The Kier molecular flexibility index (Phi) is 4.79. The van der Waals surface area contributed by atoms with Crippen LogP contribution in [0.1, 0.15) is 23.7 Å². The van der Waals surface area contributed by atoms with Crippen LogP contribution in [-0.4, -0.2) is 19.0 Å². The van der Waals surface area contributed by atoms with E-state index in [4.69, 9.17) is 23.2 Å². The lowest BCUT2D eigenvalue weighted by molar-refractivity contribution is 0.102. The molecule has 1 amide bonds. The van der Waals surface area contributed by atoms with Crippen molar-refractivity contribution in [2.75, 3.05) is 23.3 Å². The summed E-state index contributed by atoms with van der Waals surface area (Å²) in [5.74, 6) is 0.472. The number of carbonyl (C=O) groups excluding carboxylic acids is 1. The molecule has 0 aliphatic carbocycles. The SMILES string of the molecule is CC1CCN(c2ccc(NC(=O)c3cccc(Cl)c3Cl)cc2)C1. The topological polar surface area (TPSA) is 32.3 Å². The number of anilines is 2. The van der Waals surface area contributed by atoms with Crippen molar-refractivity contribution in [3.05, 3.63) is 58.1 Å². The maximum absolute atomic E-state index is 12.3. The molecule has 23 heavy (non-hydrogen) atoms. The third-order valence-electron chi connectivity index (χ3n) is 4.11. The summed E-state index contributed by atoms with van der Waals surface area (Å²) in [5.41, 5.74) is 2.30. The second-order valence-corrected chi connectivity index (χ2v) is 6.73. The summed E-state index contributed by atoms with van der Waals surface area (Å²) >= 11 is 12.0. The zero-order valence-electron chi connectivity index (χ0n) is 12.9. The van der Waals surface area contributed by atoms with Crippen molar-refractivity contribution in [1.82, 2.24) is 0 Å². The van der Waals surface area contributed by atoms with Crippen molar-refractivity contribution < 1.29 is 4.79 Å². The maximum Gasteiger partial charge on any atom is 0.257 e. The van der Waals surface area contributed by atoms with Crippen molar-refractivity contribution >= 4 is 40.5 Å². The number of hydrogen-bond acceptors (Lipinski definition) is 2. The van der Waals surface area contributed by atoms with Crippen molar-refractivity contribution in [3.63, 3.8) is 0 Å². The van der Waals surface area contributed by atoms with Gasteiger partial charge in [0.05, 0.1) is 15.6 Å². The molecular formula is C18H18Cl2N2O. The van der Waals surface area contributed by atoms with E-state index in [1.54, 1.807) is 18.2 Å². The lowest BCUT2D eigenvalue weighted by Gasteiger charge is -2.18. The molecule has 5 heteroatoms. The van der Waals surface area contributed by atoms with Crippen molar-refractivity contribution in [1.29, 1.82) is 0 Å². The molecule has 3 nitrogen and oxygen atoms in total. The molecule has 1 unspecified atom stereocenters. The van der Waals surface area contributed by atoms with E-state index >= 15 is 0 Å². The summed E-state index contributed by atoms with van der Waals surface area (Å²) in [4.78, 5) is 14.7. The minimum atomic E-state index is -0.264. The fourth-order valence-corrected chi connectivity index (χ4v) is 3.19. The van der Waals surface area contributed by atoms with Crippen molar-refractivity contribution in [2.24, 2.45) is 5.92 Å². The molecule has 0 saturated carbocycles. The molecule has 1 aliphatic heterocycles. The highest BCUT2D eigenvalue weighted by Gasteiger charge is 2.19. The van der Waals surface area contributed by atoms with Gasteiger partial charge in [-0.1, -0.05) is 36.2 Å². The van der Waals surface area contributed by atoms with Gasteiger partial charge in [0.25, 0.3) is 5.91 Å². The normalized spacial score (nSPS) is 17.3. The number of carbonyl (C=O) groups is 1. The van der Waals surface area contributed by atoms with Crippen LogP contribution in [0.4, 0.5) is 11.4 Å². The van der Waals surface area contributed by atoms with E-state index in [2.05, 4.69) is 17.1 Å². The number of amides is 1. The van der Waals surface area contributed by atoms with Crippen LogP contribution in [0.5, 0.6) is 0 Å². The van der Waals surface area contributed by atoms with Gasteiger partial charge in [-0.25, -0.2) is 0 Å². The lowest BCUT2D eigenvalue weighted by atomic mass is 10.2. The molecule has 0 aromatic heterocycles. The third-order valence-corrected chi connectivity index (χ3v) is 4.93. The maximum atomic E-state index is 12.3. The number of nitrogens with one attached hydrogen (secondary N) is 1. The first-order chi connectivity index (χ1) is 11.0. The molecule has 1 heterocycles. The van der Waals surface area contributed by atoms with Crippen LogP contribution in [0.2, 0.25) is 10.0 Å². The fourth-order valence-electron chi connectivity index (χ4n) is 2.80. The van der Waals surface area contributed by atoms with E-state index in [-0.39, 0.29) is 10.9 Å². The van der Waals surface area contributed by atoms with Gasteiger partial charge in [-0.05, 0) is 48.7 Å². The minimum Gasteiger partial charge on any atom is -0.371 e. The van der Waals surface area contributed by atoms with E-state index in [0.29, 0.717) is 10.6 Å². The summed E-state index contributed by atoms with van der Waals surface area (Å²) in [6, 6.07) is 12.9. The van der Waals surface area contributed by atoms with E-state index in [1.807, 2.05) is 24.3 Å². The average Bonchev–Trinajstić information content (AvgIpc) is 2.97. The number of nitrogens with zero attached hydrogens (tertiary/aromatic N) is 1. The zero-order valence-corrected chi connectivity index (χ0v) is 14.4. The van der Waals surface area contributed by atoms with Crippen LogP contribution in [0.15, 0.2) is 42.5 Å². The second kappa shape index (κ2) is 6.81. The molecule has 1 N–H and O–H groups in total. The standard InChI is InChI=1S/C18H18Cl2N2O/c1-12-9-10-22(11-12)14-7-5-13(6-8-14)21-18(23)15-3-2-4-16(19)17(15)20/h2-8,12H,9-11H2,1H3,(H,21,23). The van der Waals surface area contributed by atoms with Gasteiger partial charge in [-0.2, -0.15) is 0 Å². The smallest absolute Gasteiger partial charge is 0.257 e. The Hall–Kier alpha value is -1.71. The van der Waals surface area contributed by atoms with E-state index in [1.165, 1.54) is 12.1 Å². The second-order valence-electron chi connectivity index (χ2n) is 5.94. The predicted molar refractivity (Wildman–Crippen MR) is 96.9 cm³/mol. The first-order valence-corrected chi connectivity index (χ1v) is 8.40. The summed E-state index contributed by atoms with van der Waals surface area (Å²) in [5, 5.41) is 3.50. The van der Waals surface area contributed by atoms with Gasteiger partial charge in [-0.15, -0.1) is 0 Å². The van der Waals surface area contributed by atoms with Crippen LogP contribution >= 0.6 is 23.2 Å². The quantitative estimate of drug-likeness (QED) is 0.837. The summed E-state index contributed by atoms with van der Waals surface area (Å²) in [6.45, 7) is 4.44. The summed E-state index contributed by atoms with van der Waals surface area (Å²) in [6.07, 6.45) is 1.23. The van der Waals surface area contributed by atoms with Gasteiger partial charge >= 0.3 is 0 Å². The summed E-state index contributed by atoms with van der Waals surface area (Å²) < 4.78 is 0. The van der Waals surface area contributed by atoms with E-state index in [9.17, 15) is 4.79 Å². The van der Waals surface area contributed by atoms with E-state index < -0.39 is 0 Å². The van der Waals surface area contributed by atoms with Crippen molar-refractivity contribution in [3.8, 4) is 0 Å². The van der Waals surface area contributed by atoms with Gasteiger partial charge < -0.3 is 10.2 Å². The Bertz CT molecular complexity index is 715. The predicted octanol–water partition coefficient (Wildman–Crippen LogP) is 5.09. The monoisotopic (exact) mass is 348 g/mol. The zero-order chi connectivity index (χ0) is 16.4. The van der Waals surface area contributed by atoms with E-state index in [0.717, 1.165) is 24.7 Å². The Labute approximate surface area is 146 Å². The largest absolute Gasteiger partial charge is 0.371 e. The Morgan fingerprint density at radius 1 is 1.17 bits per heavy atom. The molecule has 1 fully saturated rings. The molecule has 1 saturated heterocycles. The third kappa shape index (κ3) is 3.62. The Balaban J connectivity index is 1.71. The van der Waals surface area contributed by atoms with Crippen molar-refractivity contribution in [2.45, 2.75) is 13.3 Å². The number of benzene rings is 2. The molecular weight excluding hydrogens is 331 g/mol.